The average Bonchev–Trinajstić information content (AvgIpc) is 3.04. The van der Waals surface area contributed by atoms with Gasteiger partial charge < -0.3 is 10.0 Å². The highest BCUT2D eigenvalue weighted by molar-refractivity contribution is 5.94. The highest BCUT2D eigenvalue weighted by Gasteiger charge is 2.32. The summed E-state index contributed by atoms with van der Waals surface area (Å²) in [6.07, 6.45) is 6.13. The van der Waals surface area contributed by atoms with Crippen molar-refractivity contribution in [1.82, 2.24) is 15.1 Å². The number of likely N-dealkylation sites (tertiary alicyclic amines) is 1. The zero-order valence-corrected chi connectivity index (χ0v) is 10.5. The first-order valence-corrected chi connectivity index (χ1v) is 6.79. The summed E-state index contributed by atoms with van der Waals surface area (Å²) >= 11 is 0. The summed E-state index contributed by atoms with van der Waals surface area (Å²) in [5, 5.41) is 16.5. The number of amides is 1. The van der Waals surface area contributed by atoms with Crippen molar-refractivity contribution >= 4 is 5.91 Å². The first-order chi connectivity index (χ1) is 8.81. The number of H-pyrrole nitrogens is 1. The maximum absolute atomic E-state index is 12.5. The number of aliphatic hydroxyl groups is 1. The van der Waals surface area contributed by atoms with Crippen molar-refractivity contribution in [3.8, 4) is 0 Å². The lowest BCUT2D eigenvalue weighted by molar-refractivity contribution is 0.0670. The van der Waals surface area contributed by atoms with E-state index in [-0.39, 0.29) is 18.6 Å². The molecule has 18 heavy (non-hydrogen) atoms. The Morgan fingerprint density at radius 1 is 1.39 bits per heavy atom. The number of fused-ring (bicyclic) bond motifs is 1. The van der Waals surface area contributed by atoms with Gasteiger partial charge in [0.05, 0.1) is 12.6 Å². The van der Waals surface area contributed by atoms with Crippen LogP contribution in [0.5, 0.6) is 0 Å². The van der Waals surface area contributed by atoms with Gasteiger partial charge >= 0.3 is 0 Å². The van der Waals surface area contributed by atoms with Crippen LogP contribution in [0.3, 0.4) is 0 Å². The van der Waals surface area contributed by atoms with Crippen molar-refractivity contribution in [2.45, 2.75) is 44.6 Å². The van der Waals surface area contributed by atoms with Crippen molar-refractivity contribution in [1.29, 1.82) is 0 Å². The van der Waals surface area contributed by atoms with Crippen LogP contribution < -0.4 is 0 Å². The number of hydrogen-bond acceptors (Lipinski definition) is 3. The lowest BCUT2D eigenvalue weighted by Gasteiger charge is -2.22. The van der Waals surface area contributed by atoms with Gasteiger partial charge in [0.2, 0.25) is 0 Å². The van der Waals surface area contributed by atoms with Gasteiger partial charge in [0.1, 0.15) is 0 Å². The maximum atomic E-state index is 12.5. The molecule has 0 saturated carbocycles. The van der Waals surface area contributed by atoms with E-state index in [0.717, 1.165) is 49.9 Å². The van der Waals surface area contributed by atoms with Gasteiger partial charge in [-0.3, -0.25) is 9.89 Å². The Labute approximate surface area is 106 Å². The Morgan fingerprint density at radius 3 is 3.06 bits per heavy atom. The van der Waals surface area contributed by atoms with Crippen LogP contribution in [0.4, 0.5) is 0 Å². The number of nitrogens with zero attached hydrogens (tertiary/aromatic N) is 2. The molecule has 2 heterocycles. The summed E-state index contributed by atoms with van der Waals surface area (Å²) in [5.74, 6) is -0.00838. The molecule has 1 atom stereocenters. The Kier molecular flexibility index (Phi) is 3.07. The van der Waals surface area contributed by atoms with Gasteiger partial charge in [-0.2, -0.15) is 5.10 Å². The second-order valence-corrected chi connectivity index (χ2v) is 5.21. The molecular formula is C13H19N3O2. The molecule has 98 valence electrons. The van der Waals surface area contributed by atoms with E-state index >= 15 is 0 Å². The molecule has 0 spiro atoms. The van der Waals surface area contributed by atoms with E-state index in [1.54, 1.807) is 4.90 Å². The normalized spacial score (nSPS) is 23.2. The van der Waals surface area contributed by atoms with Crippen LogP contribution in [0.1, 0.15) is 47.4 Å². The molecule has 5 heteroatoms. The third kappa shape index (κ3) is 1.82. The molecule has 1 fully saturated rings. The molecule has 0 radical (unpaired) electrons. The summed E-state index contributed by atoms with van der Waals surface area (Å²) in [4.78, 5) is 14.3. The number of nitrogens with one attached hydrogen (secondary N) is 1. The molecule has 1 saturated heterocycles. The predicted octanol–water partition coefficient (Wildman–Crippen LogP) is 0.885. The highest BCUT2D eigenvalue weighted by Crippen LogP contribution is 2.25. The van der Waals surface area contributed by atoms with Crippen LogP contribution in [-0.2, 0) is 12.8 Å². The standard InChI is InChI=1S/C13H19N3O2/c17-8-9-4-3-7-16(9)13(18)12-10-5-1-2-6-11(10)14-15-12/h9,17H,1-8H2,(H,14,15)/t9-/m1/s1. The van der Waals surface area contributed by atoms with Crippen molar-refractivity contribution in [2.24, 2.45) is 0 Å². The van der Waals surface area contributed by atoms with Gasteiger partial charge in [-0.15, -0.1) is 0 Å². The average molecular weight is 249 g/mol. The minimum atomic E-state index is -0.0200. The Balaban J connectivity index is 1.86. The van der Waals surface area contributed by atoms with Crippen molar-refractivity contribution in [3.05, 3.63) is 17.0 Å². The van der Waals surface area contributed by atoms with Gasteiger partial charge in [-0.05, 0) is 38.5 Å². The molecule has 5 nitrogen and oxygen atoms in total. The molecule has 2 N–H and O–H groups in total. The van der Waals surface area contributed by atoms with E-state index in [4.69, 9.17) is 0 Å². The maximum Gasteiger partial charge on any atom is 0.274 e. The molecule has 1 aliphatic heterocycles. The quantitative estimate of drug-likeness (QED) is 0.817. The Morgan fingerprint density at radius 2 is 2.22 bits per heavy atom. The number of carbonyl (C=O) groups excluding carboxylic acids is 1. The zero-order valence-electron chi connectivity index (χ0n) is 10.5. The van der Waals surface area contributed by atoms with Crippen LogP contribution >= 0.6 is 0 Å². The molecule has 1 aromatic rings. The number of aromatic amines is 1. The van der Waals surface area contributed by atoms with Crippen LogP contribution in [0, 0.1) is 0 Å². The SMILES string of the molecule is O=C(c1n[nH]c2c1CCCC2)N1CCC[C@@H]1CO. The van der Waals surface area contributed by atoms with Gasteiger partial charge in [0, 0.05) is 17.8 Å². The number of aryl methyl sites for hydroxylation is 1. The molecule has 0 unspecified atom stereocenters. The minimum absolute atomic E-state index is 0.00838. The molecule has 1 aliphatic carbocycles. The topological polar surface area (TPSA) is 69.2 Å². The van der Waals surface area contributed by atoms with Crippen molar-refractivity contribution in [2.75, 3.05) is 13.2 Å². The smallest absolute Gasteiger partial charge is 0.274 e. The summed E-state index contributed by atoms with van der Waals surface area (Å²) in [6, 6.07) is -0.0200. The highest BCUT2D eigenvalue weighted by atomic mass is 16.3. The number of hydrogen-bond donors (Lipinski definition) is 2. The molecular weight excluding hydrogens is 230 g/mol. The predicted molar refractivity (Wildman–Crippen MR) is 66.4 cm³/mol. The fourth-order valence-electron chi connectivity index (χ4n) is 3.09. The minimum Gasteiger partial charge on any atom is -0.394 e. The lowest BCUT2D eigenvalue weighted by Crippen LogP contribution is -2.38. The molecule has 0 bridgehead atoms. The van der Waals surface area contributed by atoms with Crippen LogP contribution in [0.25, 0.3) is 0 Å². The van der Waals surface area contributed by atoms with Crippen LogP contribution in [0.2, 0.25) is 0 Å². The number of rotatable bonds is 2. The molecule has 2 aliphatic rings. The number of aliphatic hydroxyl groups excluding tert-OH is 1. The summed E-state index contributed by atoms with van der Waals surface area (Å²) < 4.78 is 0. The van der Waals surface area contributed by atoms with E-state index < -0.39 is 0 Å². The lowest BCUT2D eigenvalue weighted by atomic mass is 9.95. The van der Waals surface area contributed by atoms with E-state index in [1.807, 2.05) is 0 Å². The van der Waals surface area contributed by atoms with Gasteiger partial charge in [0.25, 0.3) is 5.91 Å². The second-order valence-electron chi connectivity index (χ2n) is 5.21. The second kappa shape index (κ2) is 4.72. The number of aromatic nitrogens is 2. The van der Waals surface area contributed by atoms with E-state index in [0.29, 0.717) is 5.69 Å². The van der Waals surface area contributed by atoms with Gasteiger partial charge in [-0.25, -0.2) is 0 Å². The molecule has 1 aromatic heterocycles. The van der Waals surface area contributed by atoms with Gasteiger partial charge in [-0.1, -0.05) is 0 Å². The largest absolute Gasteiger partial charge is 0.394 e. The molecule has 3 rings (SSSR count). The summed E-state index contributed by atoms with van der Waals surface area (Å²) in [5.41, 5.74) is 2.82. The Bertz CT molecular complexity index is 455. The van der Waals surface area contributed by atoms with E-state index in [2.05, 4.69) is 10.2 Å². The first-order valence-electron chi connectivity index (χ1n) is 6.79. The van der Waals surface area contributed by atoms with E-state index in [1.165, 1.54) is 6.42 Å². The fourth-order valence-corrected chi connectivity index (χ4v) is 3.09. The monoisotopic (exact) mass is 249 g/mol. The molecule has 0 aromatic carbocycles. The van der Waals surface area contributed by atoms with E-state index in [9.17, 15) is 9.90 Å². The fraction of sp³-hybridized carbons (Fsp3) is 0.692. The Hall–Kier alpha value is -1.36. The van der Waals surface area contributed by atoms with Crippen LogP contribution in [0.15, 0.2) is 0 Å². The van der Waals surface area contributed by atoms with Gasteiger partial charge in [0.15, 0.2) is 5.69 Å². The summed E-state index contributed by atoms with van der Waals surface area (Å²) in [7, 11) is 0. The first kappa shape index (κ1) is 11.7. The number of carbonyl (C=O) groups is 1. The summed E-state index contributed by atoms with van der Waals surface area (Å²) in [6.45, 7) is 0.796. The zero-order chi connectivity index (χ0) is 12.5. The van der Waals surface area contributed by atoms with Crippen LogP contribution in [-0.4, -0.2) is 45.3 Å². The van der Waals surface area contributed by atoms with Crippen molar-refractivity contribution < 1.29 is 9.90 Å². The third-order valence-corrected chi connectivity index (χ3v) is 4.11. The third-order valence-electron chi connectivity index (χ3n) is 4.11. The van der Waals surface area contributed by atoms with Crippen molar-refractivity contribution in [3.63, 3.8) is 0 Å². The molecule has 1 amide bonds.